The minimum absolute atomic E-state index is 0.125. The molecule has 8 nitrogen and oxygen atoms in total. The largest absolute Gasteiger partial charge is 0.495 e. The van der Waals surface area contributed by atoms with E-state index in [0.717, 1.165) is 24.9 Å². The van der Waals surface area contributed by atoms with Gasteiger partial charge < -0.3 is 10.1 Å². The number of nitrogens with zero attached hydrogens (tertiary/aromatic N) is 3. The maximum Gasteiger partial charge on any atom is 0.276 e. The van der Waals surface area contributed by atoms with Gasteiger partial charge in [-0.05, 0) is 49.2 Å². The van der Waals surface area contributed by atoms with Crippen LogP contribution in [0.15, 0.2) is 65.7 Å². The fourth-order valence-electron chi connectivity index (χ4n) is 3.56. The van der Waals surface area contributed by atoms with Gasteiger partial charge in [0.25, 0.3) is 5.91 Å². The minimum atomic E-state index is -3.64. The van der Waals surface area contributed by atoms with Gasteiger partial charge in [0.2, 0.25) is 10.0 Å². The zero-order valence-corrected chi connectivity index (χ0v) is 18.0. The second kappa shape index (κ2) is 8.91. The number of carbonyl (C=O) groups is 1. The summed E-state index contributed by atoms with van der Waals surface area (Å²) in [5.41, 5.74) is 1.31. The normalized spacial score (nSPS) is 14.9. The van der Waals surface area contributed by atoms with Crippen molar-refractivity contribution in [1.82, 2.24) is 14.1 Å². The molecule has 4 rings (SSSR count). The lowest BCUT2D eigenvalue weighted by molar-refractivity contribution is 0.102. The number of methoxy groups -OCH3 is 1. The van der Waals surface area contributed by atoms with Crippen molar-refractivity contribution in [2.24, 2.45) is 0 Å². The number of hydrogen-bond acceptors (Lipinski definition) is 5. The Morgan fingerprint density at radius 3 is 2.48 bits per heavy atom. The van der Waals surface area contributed by atoms with Crippen molar-refractivity contribution in [3.05, 3.63) is 66.5 Å². The molecule has 0 unspecified atom stereocenters. The van der Waals surface area contributed by atoms with Crippen LogP contribution in [0.1, 0.15) is 29.8 Å². The van der Waals surface area contributed by atoms with E-state index in [1.165, 1.54) is 23.5 Å². The molecule has 0 radical (unpaired) electrons. The summed E-state index contributed by atoms with van der Waals surface area (Å²) in [5, 5.41) is 7.05. The van der Waals surface area contributed by atoms with Crippen molar-refractivity contribution in [1.29, 1.82) is 0 Å². The lowest BCUT2D eigenvalue weighted by atomic mass is 10.2. The number of amides is 1. The van der Waals surface area contributed by atoms with Crippen molar-refractivity contribution < 1.29 is 17.9 Å². The van der Waals surface area contributed by atoms with Crippen LogP contribution >= 0.6 is 0 Å². The van der Waals surface area contributed by atoms with Gasteiger partial charge in [-0.2, -0.15) is 9.40 Å². The highest BCUT2D eigenvalue weighted by Gasteiger charge is 2.27. The van der Waals surface area contributed by atoms with Gasteiger partial charge in [0.05, 0.1) is 23.4 Å². The topological polar surface area (TPSA) is 93.5 Å². The monoisotopic (exact) mass is 440 g/mol. The van der Waals surface area contributed by atoms with E-state index >= 15 is 0 Å². The number of nitrogens with one attached hydrogen (secondary N) is 1. The molecular weight excluding hydrogens is 416 g/mol. The van der Waals surface area contributed by atoms with E-state index < -0.39 is 15.9 Å². The number of aromatic nitrogens is 2. The van der Waals surface area contributed by atoms with Crippen LogP contribution in [0.5, 0.6) is 5.75 Å². The molecule has 0 saturated carbocycles. The molecule has 3 aromatic rings. The lowest BCUT2D eigenvalue weighted by Crippen LogP contribution is -2.35. The molecule has 2 heterocycles. The number of hydrogen-bond donors (Lipinski definition) is 1. The van der Waals surface area contributed by atoms with Gasteiger partial charge in [-0.1, -0.05) is 24.6 Å². The van der Waals surface area contributed by atoms with Crippen LogP contribution in [-0.4, -0.2) is 48.6 Å². The smallest absolute Gasteiger partial charge is 0.276 e. The van der Waals surface area contributed by atoms with E-state index in [0.29, 0.717) is 18.8 Å². The molecular formula is C22H24N4O4S. The number of carbonyl (C=O) groups excluding carboxylic acids is 1. The third-order valence-corrected chi connectivity index (χ3v) is 7.11. The van der Waals surface area contributed by atoms with Gasteiger partial charge in [-0.3, -0.25) is 4.79 Å². The molecule has 9 heteroatoms. The van der Waals surface area contributed by atoms with Crippen LogP contribution in [0.3, 0.4) is 0 Å². The molecule has 0 atom stereocenters. The van der Waals surface area contributed by atoms with Crippen LogP contribution in [0, 0.1) is 0 Å². The summed E-state index contributed by atoms with van der Waals surface area (Å²) < 4.78 is 34.4. The molecule has 1 saturated heterocycles. The molecule has 1 amide bonds. The molecule has 0 bridgehead atoms. The van der Waals surface area contributed by atoms with E-state index in [-0.39, 0.29) is 16.3 Å². The highest BCUT2D eigenvalue weighted by atomic mass is 32.2. The number of benzene rings is 2. The Kier molecular flexibility index (Phi) is 6.06. The molecule has 31 heavy (non-hydrogen) atoms. The first-order chi connectivity index (χ1) is 15.0. The summed E-state index contributed by atoms with van der Waals surface area (Å²) in [6.45, 7) is 1.01. The second-order valence-corrected chi connectivity index (χ2v) is 9.20. The molecule has 0 aliphatic carbocycles. The number of piperidine rings is 1. The molecule has 1 aliphatic rings. The number of sulfonamides is 1. The first-order valence-electron chi connectivity index (χ1n) is 10.1. The fraction of sp³-hybridized carbons (Fsp3) is 0.273. The Labute approximate surface area is 181 Å². The first-order valence-corrected chi connectivity index (χ1v) is 11.5. The van der Waals surface area contributed by atoms with Crippen molar-refractivity contribution in [2.45, 2.75) is 24.2 Å². The Bertz CT molecular complexity index is 1170. The Balaban J connectivity index is 1.58. The van der Waals surface area contributed by atoms with Crippen LogP contribution in [0.2, 0.25) is 0 Å². The molecule has 1 aliphatic heterocycles. The quantitative estimate of drug-likeness (QED) is 0.635. The molecule has 162 valence electrons. The molecule has 2 aromatic carbocycles. The second-order valence-electron chi connectivity index (χ2n) is 7.26. The third kappa shape index (κ3) is 4.47. The summed E-state index contributed by atoms with van der Waals surface area (Å²) in [5.74, 6) is -0.0889. The van der Waals surface area contributed by atoms with Crippen molar-refractivity contribution in [2.75, 3.05) is 25.5 Å². The van der Waals surface area contributed by atoms with Crippen molar-refractivity contribution >= 4 is 21.6 Å². The van der Waals surface area contributed by atoms with E-state index in [1.54, 1.807) is 23.0 Å². The third-order valence-electron chi connectivity index (χ3n) is 5.21. The predicted molar refractivity (Wildman–Crippen MR) is 117 cm³/mol. The zero-order valence-electron chi connectivity index (χ0n) is 17.2. The van der Waals surface area contributed by atoms with Crippen molar-refractivity contribution in [3.63, 3.8) is 0 Å². The fourth-order valence-corrected chi connectivity index (χ4v) is 5.10. The Morgan fingerprint density at radius 1 is 1.03 bits per heavy atom. The van der Waals surface area contributed by atoms with Gasteiger partial charge in [0, 0.05) is 19.3 Å². The molecule has 1 fully saturated rings. The average molecular weight is 441 g/mol. The maximum atomic E-state index is 13.0. The lowest BCUT2D eigenvalue weighted by Gasteiger charge is -2.26. The average Bonchev–Trinajstić information content (AvgIpc) is 3.31. The number of ether oxygens (including phenoxy) is 1. The number of para-hydroxylation sites is 1. The predicted octanol–water partition coefficient (Wildman–Crippen LogP) is 3.31. The molecule has 0 spiro atoms. The van der Waals surface area contributed by atoms with Gasteiger partial charge in [-0.15, -0.1) is 0 Å². The highest BCUT2D eigenvalue weighted by Crippen LogP contribution is 2.30. The summed E-state index contributed by atoms with van der Waals surface area (Å²) in [6, 6.07) is 15.5. The summed E-state index contributed by atoms with van der Waals surface area (Å²) in [4.78, 5) is 12.9. The van der Waals surface area contributed by atoms with Crippen LogP contribution in [-0.2, 0) is 10.0 Å². The Morgan fingerprint density at radius 2 is 1.77 bits per heavy atom. The summed E-state index contributed by atoms with van der Waals surface area (Å²) >= 11 is 0. The zero-order chi connectivity index (χ0) is 21.8. The van der Waals surface area contributed by atoms with Gasteiger partial charge in [-0.25, -0.2) is 13.1 Å². The van der Waals surface area contributed by atoms with Crippen LogP contribution in [0.4, 0.5) is 5.69 Å². The van der Waals surface area contributed by atoms with Crippen LogP contribution < -0.4 is 10.1 Å². The molecule has 1 N–H and O–H groups in total. The number of rotatable bonds is 6. The van der Waals surface area contributed by atoms with Gasteiger partial charge in [0.1, 0.15) is 5.75 Å². The van der Waals surface area contributed by atoms with E-state index in [1.807, 2.05) is 30.3 Å². The first kappa shape index (κ1) is 21.1. The van der Waals surface area contributed by atoms with Gasteiger partial charge >= 0.3 is 0 Å². The standard InChI is InChI=1S/C22H24N4O4S/c1-30-21-11-10-18(31(28,29)25-13-6-3-7-14-25)16-20(21)23-22(27)19-12-15-26(24-19)17-8-4-2-5-9-17/h2,4-5,8-12,15-16H,3,6-7,13-14H2,1H3,(H,23,27). The van der Waals surface area contributed by atoms with E-state index in [2.05, 4.69) is 10.4 Å². The Hall–Kier alpha value is -3.17. The summed E-state index contributed by atoms with van der Waals surface area (Å²) in [6.07, 6.45) is 4.43. The van der Waals surface area contributed by atoms with Crippen LogP contribution in [0.25, 0.3) is 5.69 Å². The van der Waals surface area contributed by atoms with Crippen molar-refractivity contribution in [3.8, 4) is 11.4 Å². The van der Waals surface area contributed by atoms with Gasteiger partial charge in [0.15, 0.2) is 5.69 Å². The van der Waals surface area contributed by atoms with E-state index in [9.17, 15) is 13.2 Å². The SMILES string of the molecule is COc1ccc(S(=O)(=O)N2CCCCC2)cc1NC(=O)c1ccn(-c2ccccc2)n1. The van der Waals surface area contributed by atoms with E-state index in [4.69, 9.17) is 4.74 Å². The summed E-state index contributed by atoms with van der Waals surface area (Å²) in [7, 11) is -2.17. The molecule has 1 aromatic heterocycles. The maximum absolute atomic E-state index is 13.0. The number of anilines is 1. The minimum Gasteiger partial charge on any atom is -0.495 e. The highest BCUT2D eigenvalue weighted by molar-refractivity contribution is 7.89.